The zero-order valence-corrected chi connectivity index (χ0v) is 14.4. The van der Waals surface area contributed by atoms with Crippen molar-refractivity contribution in [3.05, 3.63) is 59.0 Å². The number of hydrogen-bond donors (Lipinski definition) is 0. The maximum absolute atomic E-state index is 12.1. The highest BCUT2D eigenvalue weighted by Gasteiger charge is 2.19. The fourth-order valence-electron chi connectivity index (χ4n) is 2.91. The first kappa shape index (κ1) is 16.6. The number of aromatic nitrogens is 1. The first-order chi connectivity index (χ1) is 11.6. The zero-order valence-electron chi connectivity index (χ0n) is 14.4. The minimum absolute atomic E-state index is 0.300. The Morgan fingerprint density at radius 1 is 1.12 bits per heavy atom. The van der Waals surface area contributed by atoms with E-state index in [1.54, 1.807) is 10.8 Å². The van der Waals surface area contributed by atoms with E-state index in [0.717, 1.165) is 24.4 Å². The highest BCUT2D eigenvalue weighted by molar-refractivity contribution is 5.72. The third kappa shape index (κ3) is 3.46. The van der Waals surface area contributed by atoms with E-state index in [1.807, 2.05) is 36.4 Å². The van der Waals surface area contributed by atoms with Gasteiger partial charge >= 0.3 is 5.76 Å². The van der Waals surface area contributed by atoms with Crippen molar-refractivity contribution in [3.63, 3.8) is 0 Å². The standard InChI is InChI=1S/C19H24N2O3/c1-14(2)15(3)20(13-16-7-6-12-23-16)10-11-21-17-8-4-5-9-18(17)24-19(21)22/h4-9,12,14-15H,10-11,13H2,1-3H3/t15-/m1/s1. The number of nitrogens with zero attached hydrogens (tertiary/aromatic N) is 2. The van der Waals surface area contributed by atoms with Crippen molar-refractivity contribution in [2.24, 2.45) is 5.92 Å². The summed E-state index contributed by atoms with van der Waals surface area (Å²) in [5.41, 5.74) is 1.48. The van der Waals surface area contributed by atoms with Gasteiger partial charge in [-0.05, 0) is 37.1 Å². The summed E-state index contributed by atoms with van der Waals surface area (Å²) in [5.74, 6) is 1.15. The molecule has 0 amide bonds. The third-order valence-electron chi connectivity index (χ3n) is 4.66. The molecule has 0 unspecified atom stereocenters. The summed E-state index contributed by atoms with van der Waals surface area (Å²) in [6.45, 7) is 8.70. The number of oxazole rings is 1. The molecule has 0 radical (unpaired) electrons. The molecule has 0 saturated heterocycles. The second-order valence-electron chi connectivity index (χ2n) is 6.52. The van der Waals surface area contributed by atoms with Crippen molar-refractivity contribution in [3.8, 4) is 0 Å². The number of fused-ring (bicyclic) bond motifs is 1. The molecule has 0 spiro atoms. The molecule has 2 heterocycles. The second kappa shape index (κ2) is 7.09. The molecule has 5 nitrogen and oxygen atoms in total. The van der Waals surface area contributed by atoms with E-state index in [2.05, 4.69) is 25.7 Å². The Morgan fingerprint density at radius 2 is 1.92 bits per heavy atom. The monoisotopic (exact) mass is 328 g/mol. The molecule has 1 atom stereocenters. The van der Waals surface area contributed by atoms with E-state index in [1.165, 1.54) is 0 Å². The first-order valence-electron chi connectivity index (χ1n) is 8.41. The van der Waals surface area contributed by atoms with Crippen LogP contribution in [0.3, 0.4) is 0 Å². The van der Waals surface area contributed by atoms with Gasteiger partial charge in [0.25, 0.3) is 0 Å². The van der Waals surface area contributed by atoms with E-state index in [4.69, 9.17) is 8.83 Å². The Hall–Kier alpha value is -2.27. The molecule has 0 fully saturated rings. The minimum Gasteiger partial charge on any atom is -0.468 e. The average molecular weight is 328 g/mol. The summed E-state index contributed by atoms with van der Waals surface area (Å²) in [6.07, 6.45) is 1.70. The van der Waals surface area contributed by atoms with Crippen molar-refractivity contribution in [1.29, 1.82) is 0 Å². The van der Waals surface area contributed by atoms with Crippen molar-refractivity contribution < 1.29 is 8.83 Å². The van der Waals surface area contributed by atoms with Crippen LogP contribution in [0.1, 0.15) is 26.5 Å². The van der Waals surface area contributed by atoms with E-state index in [9.17, 15) is 4.79 Å². The van der Waals surface area contributed by atoms with Gasteiger partial charge in [0.1, 0.15) is 5.76 Å². The molecule has 3 aromatic rings. The summed E-state index contributed by atoms with van der Waals surface area (Å²) in [4.78, 5) is 14.5. The Morgan fingerprint density at radius 3 is 2.62 bits per heavy atom. The van der Waals surface area contributed by atoms with Crippen molar-refractivity contribution in [2.45, 2.75) is 39.9 Å². The van der Waals surface area contributed by atoms with Gasteiger partial charge in [-0.1, -0.05) is 26.0 Å². The van der Waals surface area contributed by atoms with Gasteiger partial charge in [0.15, 0.2) is 5.58 Å². The van der Waals surface area contributed by atoms with Crippen molar-refractivity contribution in [1.82, 2.24) is 9.47 Å². The molecule has 0 N–H and O–H groups in total. The largest absolute Gasteiger partial charge is 0.468 e. The van der Waals surface area contributed by atoms with E-state index in [0.29, 0.717) is 24.1 Å². The zero-order chi connectivity index (χ0) is 17.1. The molecule has 5 heteroatoms. The molecule has 0 aliphatic carbocycles. The molecular weight excluding hydrogens is 304 g/mol. The van der Waals surface area contributed by atoms with Gasteiger partial charge in [-0.15, -0.1) is 0 Å². The van der Waals surface area contributed by atoms with Crippen LogP contribution >= 0.6 is 0 Å². The first-order valence-corrected chi connectivity index (χ1v) is 8.41. The van der Waals surface area contributed by atoms with Gasteiger partial charge in [-0.2, -0.15) is 0 Å². The number of para-hydroxylation sites is 2. The molecule has 1 aromatic carbocycles. The van der Waals surface area contributed by atoms with Crippen LogP contribution in [-0.2, 0) is 13.1 Å². The van der Waals surface area contributed by atoms with Crippen LogP contribution in [0.5, 0.6) is 0 Å². The lowest BCUT2D eigenvalue weighted by Gasteiger charge is -2.31. The van der Waals surface area contributed by atoms with Crippen molar-refractivity contribution >= 4 is 11.1 Å². The van der Waals surface area contributed by atoms with Crippen LogP contribution in [0.25, 0.3) is 11.1 Å². The lowest BCUT2D eigenvalue weighted by atomic mass is 10.0. The van der Waals surface area contributed by atoms with Crippen LogP contribution in [0.4, 0.5) is 0 Å². The van der Waals surface area contributed by atoms with E-state index >= 15 is 0 Å². The van der Waals surface area contributed by atoms with Gasteiger partial charge < -0.3 is 8.83 Å². The van der Waals surface area contributed by atoms with Gasteiger partial charge in [0.2, 0.25) is 0 Å². The molecule has 24 heavy (non-hydrogen) atoms. The van der Waals surface area contributed by atoms with Crippen molar-refractivity contribution in [2.75, 3.05) is 6.54 Å². The third-order valence-corrected chi connectivity index (χ3v) is 4.66. The lowest BCUT2D eigenvalue weighted by Crippen LogP contribution is -2.39. The van der Waals surface area contributed by atoms with Crippen LogP contribution in [-0.4, -0.2) is 22.1 Å². The molecule has 3 rings (SSSR count). The number of benzene rings is 1. The summed E-state index contributed by atoms with van der Waals surface area (Å²) in [6, 6.07) is 11.8. The topological polar surface area (TPSA) is 51.5 Å². The molecule has 0 bridgehead atoms. The molecular formula is C19H24N2O3. The highest BCUT2D eigenvalue weighted by Crippen LogP contribution is 2.16. The number of furan rings is 1. The normalized spacial score (nSPS) is 13.2. The molecule has 0 aliphatic rings. The fraction of sp³-hybridized carbons (Fsp3) is 0.421. The molecule has 0 aliphatic heterocycles. The maximum atomic E-state index is 12.1. The van der Waals surface area contributed by atoms with Crippen LogP contribution in [0.15, 0.2) is 56.3 Å². The van der Waals surface area contributed by atoms with Crippen LogP contribution in [0.2, 0.25) is 0 Å². The smallest absolute Gasteiger partial charge is 0.419 e. The quantitative estimate of drug-likeness (QED) is 0.663. The fourth-order valence-corrected chi connectivity index (χ4v) is 2.91. The van der Waals surface area contributed by atoms with Crippen LogP contribution < -0.4 is 5.76 Å². The predicted molar refractivity (Wildman–Crippen MR) is 93.9 cm³/mol. The van der Waals surface area contributed by atoms with Gasteiger partial charge in [0, 0.05) is 19.1 Å². The second-order valence-corrected chi connectivity index (χ2v) is 6.52. The molecule has 128 valence electrons. The van der Waals surface area contributed by atoms with Gasteiger partial charge in [-0.3, -0.25) is 9.47 Å². The summed E-state index contributed by atoms with van der Waals surface area (Å²) >= 11 is 0. The molecule has 0 saturated carbocycles. The minimum atomic E-state index is -0.300. The predicted octanol–water partition coefficient (Wildman–Crippen LogP) is 3.73. The summed E-state index contributed by atoms with van der Waals surface area (Å²) < 4.78 is 12.5. The van der Waals surface area contributed by atoms with Crippen LogP contribution in [0, 0.1) is 5.92 Å². The van der Waals surface area contributed by atoms with Gasteiger partial charge in [-0.25, -0.2) is 4.79 Å². The average Bonchev–Trinajstić information content (AvgIpc) is 3.17. The Labute approximate surface area is 141 Å². The van der Waals surface area contributed by atoms with E-state index in [-0.39, 0.29) is 5.76 Å². The maximum Gasteiger partial charge on any atom is 0.419 e. The number of hydrogen-bond acceptors (Lipinski definition) is 4. The Bertz CT molecular complexity index is 830. The number of rotatable bonds is 7. The summed E-state index contributed by atoms with van der Waals surface area (Å²) in [5, 5.41) is 0. The summed E-state index contributed by atoms with van der Waals surface area (Å²) in [7, 11) is 0. The SMILES string of the molecule is CC(C)[C@@H](C)N(CCn1c(=O)oc2ccccc21)Cc1ccco1. The Balaban J connectivity index is 1.79. The van der Waals surface area contributed by atoms with Gasteiger partial charge in [0.05, 0.1) is 18.3 Å². The Kier molecular flexibility index (Phi) is 4.90. The van der Waals surface area contributed by atoms with E-state index < -0.39 is 0 Å². The lowest BCUT2D eigenvalue weighted by molar-refractivity contribution is 0.143. The highest BCUT2D eigenvalue weighted by atomic mass is 16.4. The molecule has 2 aromatic heterocycles.